The number of hydrogen-bond donors (Lipinski definition) is 4. The molecule has 35 heavy (non-hydrogen) atoms. The molecule has 0 unspecified atom stereocenters. The number of hydrogen-bond acceptors (Lipinski definition) is 7. The monoisotopic (exact) mass is 579 g/mol. The van der Waals surface area contributed by atoms with Gasteiger partial charge in [0, 0.05) is 22.7 Å². The highest BCUT2D eigenvalue weighted by Crippen LogP contribution is 2.33. The highest BCUT2D eigenvalue weighted by atomic mass is 79.9. The molecule has 0 aliphatic carbocycles. The van der Waals surface area contributed by atoms with Gasteiger partial charge in [-0.1, -0.05) is 52.0 Å². The van der Waals surface area contributed by atoms with E-state index in [-0.39, 0.29) is 23.2 Å². The van der Waals surface area contributed by atoms with E-state index in [2.05, 4.69) is 26.2 Å². The molecule has 1 aromatic heterocycles. The van der Waals surface area contributed by atoms with E-state index in [9.17, 15) is 19.5 Å². The van der Waals surface area contributed by atoms with E-state index in [0.717, 1.165) is 26.7 Å². The molecule has 0 saturated carbocycles. The normalized spacial score (nSPS) is 15.3. The fourth-order valence-corrected chi connectivity index (χ4v) is 4.61. The Labute approximate surface area is 218 Å². The van der Waals surface area contributed by atoms with E-state index in [1.165, 1.54) is 0 Å². The van der Waals surface area contributed by atoms with Gasteiger partial charge >= 0.3 is 5.97 Å². The van der Waals surface area contributed by atoms with E-state index in [1.54, 1.807) is 18.2 Å². The third-order valence-corrected chi connectivity index (χ3v) is 6.69. The average Bonchev–Trinajstić information content (AvgIpc) is 3.36. The first-order valence-corrected chi connectivity index (χ1v) is 12.3. The van der Waals surface area contributed by atoms with Crippen LogP contribution in [0, 0.1) is 0 Å². The maximum atomic E-state index is 12.8. The Morgan fingerprint density at radius 3 is 2.63 bits per heavy atom. The number of nitrogens with one attached hydrogen (secondary N) is 1. The summed E-state index contributed by atoms with van der Waals surface area (Å²) in [5.41, 5.74) is 11.4. The van der Waals surface area contributed by atoms with E-state index >= 15 is 0 Å². The van der Waals surface area contributed by atoms with Crippen molar-refractivity contribution < 1.29 is 23.9 Å². The van der Waals surface area contributed by atoms with Crippen LogP contribution in [0.5, 0.6) is 0 Å². The summed E-state index contributed by atoms with van der Waals surface area (Å²) in [5, 5.41) is 11.8. The fourth-order valence-electron chi connectivity index (χ4n) is 3.11. The number of aliphatic carboxylic acids is 1. The van der Waals surface area contributed by atoms with Crippen LogP contribution in [0.3, 0.4) is 0 Å². The highest BCUT2D eigenvalue weighted by Gasteiger charge is 2.34. The van der Waals surface area contributed by atoms with Gasteiger partial charge in [-0.05, 0) is 37.1 Å². The Morgan fingerprint density at radius 1 is 1.26 bits per heavy atom. The lowest BCUT2D eigenvalue weighted by Gasteiger charge is -2.18. The molecule has 2 heterocycles. The Bertz CT molecular complexity index is 1190. The van der Waals surface area contributed by atoms with Crippen LogP contribution in [-0.4, -0.2) is 57.2 Å². The van der Waals surface area contributed by atoms with Crippen molar-refractivity contribution in [3.05, 3.63) is 51.5 Å². The molecular formula is C22H22BrN5O5S2. The zero-order valence-electron chi connectivity index (χ0n) is 18.3. The van der Waals surface area contributed by atoms with Gasteiger partial charge in [-0.15, -0.1) is 0 Å². The third kappa shape index (κ3) is 7.41. The number of carboxylic acids is 1. The zero-order valence-corrected chi connectivity index (χ0v) is 21.5. The van der Waals surface area contributed by atoms with Crippen molar-refractivity contribution >= 4 is 74.0 Å². The minimum Gasteiger partial charge on any atom is -0.480 e. The van der Waals surface area contributed by atoms with Gasteiger partial charge in [-0.25, -0.2) is 4.79 Å². The van der Waals surface area contributed by atoms with Crippen LogP contribution in [0.25, 0.3) is 17.4 Å². The van der Waals surface area contributed by atoms with Crippen molar-refractivity contribution in [3.8, 4) is 11.3 Å². The fraction of sp³-hybridized carbons (Fsp3) is 0.227. The number of amides is 2. The molecule has 0 bridgehead atoms. The molecule has 3 rings (SSSR count). The number of benzene rings is 1. The summed E-state index contributed by atoms with van der Waals surface area (Å²) in [6, 6.07) is 9.97. The smallest absolute Gasteiger partial charge is 0.326 e. The number of nitrogens with zero attached hydrogens (tertiary/aromatic N) is 2. The SMILES string of the molecule is NC(N)=NCCC[C@H](NC(=O)CN1C(=O)C(=Cc2ccc(-c3ccc(Br)cc3)o2)SC1=S)C(=O)O. The van der Waals surface area contributed by atoms with Crippen LogP contribution < -0.4 is 16.8 Å². The van der Waals surface area contributed by atoms with E-state index in [0.29, 0.717) is 22.8 Å². The molecule has 184 valence electrons. The molecule has 2 amide bonds. The second-order valence-electron chi connectivity index (χ2n) is 7.38. The number of halogens is 1. The van der Waals surface area contributed by atoms with Gasteiger partial charge < -0.3 is 26.3 Å². The van der Waals surface area contributed by atoms with Crippen LogP contribution in [0.15, 0.2) is 55.2 Å². The predicted molar refractivity (Wildman–Crippen MR) is 141 cm³/mol. The number of aliphatic imine (C=N–C) groups is 1. The molecule has 1 aliphatic rings. The van der Waals surface area contributed by atoms with E-state index in [1.807, 2.05) is 24.3 Å². The molecule has 13 heteroatoms. The lowest BCUT2D eigenvalue weighted by molar-refractivity contribution is -0.142. The molecule has 2 aromatic rings. The van der Waals surface area contributed by atoms with Crippen molar-refractivity contribution in [1.29, 1.82) is 0 Å². The minimum absolute atomic E-state index is 0.0950. The topological polar surface area (TPSA) is 164 Å². The first kappa shape index (κ1) is 26.4. The van der Waals surface area contributed by atoms with Gasteiger partial charge in [-0.3, -0.25) is 19.5 Å². The number of guanidine groups is 1. The molecule has 1 saturated heterocycles. The van der Waals surface area contributed by atoms with Crippen LogP contribution in [0.1, 0.15) is 18.6 Å². The zero-order chi connectivity index (χ0) is 25.5. The number of thioether (sulfide) groups is 1. The number of furan rings is 1. The first-order chi connectivity index (χ1) is 16.6. The molecule has 1 fully saturated rings. The second kappa shape index (κ2) is 12.0. The Morgan fingerprint density at radius 2 is 1.97 bits per heavy atom. The van der Waals surface area contributed by atoms with Gasteiger partial charge in [0.1, 0.15) is 28.4 Å². The van der Waals surface area contributed by atoms with Crippen molar-refractivity contribution in [2.75, 3.05) is 13.1 Å². The maximum Gasteiger partial charge on any atom is 0.326 e. The summed E-state index contributed by atoms with van der Waals surface area (Å²) in [6.07, 6.45) is 2.03. The standard InChI is InChI=1S/C22H22BrN5O5S2/c23-13-5-3-12(4-6-13)16-8-7-14(33-16)10-17-19(30)28(22(34)35-17)11-18(29)27-15(20(31)32)2-1-9-26-21(24)25/h3-8,10,15H,1-2,9,11H2,(H,27,29)(H,31,32)(H4,24,25,26)/t15-/m0/s1. The second-order valence-corrected chi connectivity index (χ2v) is 9.98. The van der Waals surface area contributed by atoms with Crippen LogP contribution in [0.4, 0.5) is 0 Å². The van der Waals surface area contributed by atoms with Gasteiger partial charge in [0.15, 0.2) is 5.96 Å². The third-order valence-electron chi connectivity index (χ3n) is 4.78. The molecule has 1 aromatic carbocycles. The predicted octanol–water partition coefficient (Wildman–Crippen LogP) is 2.53. The summed E-state index contributed by atoms with van der Waals surface area (Å²) in [6.45, 7) is -0.167. The van der Waals surface area contributed by atoms with Gasteiger partial charge in [0.05, 0.1) is 4.91 Å². The maximum absolute atomic E-state index is 12.8. The Balaban J connectivity index is 1.61. The summed E-state index contributed by atoms with van der Waals surface area (Å²) >= 11 is 9.68. The van der Waals surface area contributed by atoms with Crippen LogP contribution >= 0.6 is 39.9 Å². The van der Waals surface area contributed by atoms with Crippen molar-refractivity contribution in [2.24, 2.45) is 16.5 Å². The lowest BCUT2D eigenvalue weighted by Crippen LogP contribution is -2.46. The quantitative estimate of drug-likeness (QED) is 0.109. The number of carbonyl (C=O) groups is 3. The Kier molecular flexibility index (Phi) is 9.07. The first-order valence-electron chi connectivity index (χ1n) is 10.3. The summed E-state index contributed by atoms with van der Waals surface area (Å²) in [5.74, 6) is -1.31. The van der Waals surface area contributed by atoms with Crippen LogP contribution in [0.2, 0.25) is 0 Å². The van der Waals surface area contributed by atoms with Gasteiger partial charge in [-0.2, -0.15) is 0 Å². The number of thiocarbonyl (C=S) groups is 1. The van der Waals surface area contributed by atoms with Crippen molar-refractivity contribution in [3.63, 3.8) is 0 Å². The largest absolute Gasteiger partial charge is 0.480 e. The number of carboxylic acid groups (broad SMARTS) is 1. The van der Waals surface area contributed by atoms with E-state index < -0.39 is 30.4 Å². The van der Waals surface area contributed by atoms with Crippen molar-refractivity contribution in [1.82, 2.24) is 10.2 Å². The number of rotatable bonds is 10. The molecule has 0 radical (unpaired) electrons. The molecule has 1 aliphatic heterocycles. The molecule has 6 N–H and O–H groups in total. The van der Waals surface area contributed by atoms with Crippen molar-refractivity contribution in [2.45, 2.75) is 18.9 Å². The average molecular weight is 580 g/mol. The summed E-state index contributed by atoms with van der Waals surface area (Å²) in [4.78, 5) is 42.0. The summed E-state index contributed by atoms with van der Waals surface area (Å²) in [7, 11) is 0. The lowest BCUT2D eigenvalue weighted by atomic mass is 10.1. The molecular weight excluding hydrogens is 558 g/mol. The highest BCUT2D eigenvalue weighted by molar-refractivity contribution is 9.10. The number of nitrogens with two attached hydrogens (primary N) is 2. The Hall–Kier alpha value is -3.16. The number of carbonyl (C=O) groups excluding carboxylic acids is 2. The van der Waals surface area contributed by atoms with Crippen LogP contribution in [-0.2, 0) is 14.4 Å². The van der Waals surface area contributed by atoms with E-state index in [4.69, 9.17) is 28.1 Å². The van der Waals surface area contributed by atoms with Gasteiger partial charge in [0.25, 0.3) is 5.91 Å². The molecule has 1 atom stereocenters. The van der Waals surface area contributed by atoms with Gasteiger partial charge in [0.2, 0.25) is 5.91 Å². The molecule has 0 spiro atoms. The molecule has 10 nitrogen and oxygen atoms in total. The minimum atomic E-state index is -1.20. The summed E-state index contributed by atoms with van der Waals surface area (Å²) < 4.78 is 6.96.